The van der Waals surface area contributed by atoms with Gasteiger partial charge >= 0.3 is 0 Å². The summed E-state index contributed by atoms with van der Waals surface area (Å²) in [7, 11) is 0. The third-order valence-electron chi connectivity index (χ3n) is 9.17. The minimum Gasteiger partial charge on any atom is -0.375 e. The van der Waals surface area contributed by atoms with Crippen LogP contribution in [0.4, 0.5) is 0 Å². The fourth-order valence-corrected chi connectivity index (χ4v) is 7.58. The summed E-state index contributed by atoms with van der Waals surface area (Å²) in [6.45, 7) is 6.09. The van der Waals surface area contributed by atoms with Crippen LogP contribution in [0.3, 0.4) is 0 Å². The van der Waals surface area contributed by atoms with Crippen LogP contribution < -0.4 is 0 Å². The van der Waals surface area contributed by atoms with Crippen molar-refractivity contribution in [3.05, 3.63) is 11.6 Å². The molecule has 3 unspecified atom stereocenters. The molecule has 4 aliphatic carbocycles. The van der Waals surface area contributed by atoms with Gasteiger partial charge in [0, 0.05) is 5.41 Å². The molecule has 1 N–H and O–H groups in total. The summed E-state index contributed by atoms with van der Waals surface area (Å²) < 4.78 is 12.1. The molecule has 0 bridgehead atoms. The Morgan fingerprint density at radius 3 is 2.62 bits per heavy atom. The van der Waals surface area contributed by atoms with Crippen molar-refractivity contribution in [1.82, 2.24) is 0 Å². The molecule has 0 aromatic carbocycles. The van der Waals surface area contributed by atoms with Gasteiger partial charge in [0.2, 0.25) is 0 Å². The zero-order valence-corrected chi connectivity index (χ0v) is 16.0. The second-order valence-corrected chi connectivity index (χ2v) is 9.95. The van der Waals surface area contributed by atoms with Gasteiger partial charge in [-0.1, -0.05) is 25.5 Å². The van der Waals surface area contributed by atoms with E-state index in [4.69, 9.17) is 9.47 Å². The average molecular weight is 357 g/mol. The van der Waals surface area contributed by atoms with Crippen molar-refractivity contribution < 1.29 is 14.6 Å². The van der Waals surface area contributed by atoms with Gasteiger partial charge in [-0.15, -0.1) is 0 Å². The summed E-state index contributed by atoms with van der Waals surface area (Å²) in [5.41, 5.74) is 0.402. The number of fused-ring (bicyclic) bond motifs is 6. The molecule has 0 aromatic heterocycles. The number of rotatable bonds is 0. The Morgan fingerprint density at radius 1 is 1.12 bits per heavy atom. The fourth-order valence-electron chi connectivity index (χ4n) is 7.58. The van der Waals surface area contributed by atoms with Crippen LogP contribution in [0.5, 0.6) is 0 Å². The van der Waals surface area contributed by atoms with Gasteiger partial charge in [-0.3, -0.25) is 0 Å². The van der Waals surface area contributed by atoms with Crippen molar-refractivity contribution in [1.29, 1.82) is 5.26 Å². The van der Waals surface area contributed by atoms with Gasteiger partial charge in [-0.25, -0.2) is 0 Å². The molecule has 4 heteroatoms. The molecule has 5 aliphatic rings. The maximum absolute atomic E-state index is 11.0. The van der Waals surface area contributed by atoms with Gasteiger partial charge in [0.25, 0.3) is 0 Å². The molecule has 4 fully saturated rings. The van der Waals surface area contributed by atoms with E-state index in [1.807, 2.05) is 0 Å². The summed E-state index contributed by atoms with van der Waals surface area (Å²) >= 11 is 0. The molecule has 26 heavy (non-hydrogen) atoms. The maximum Gasteiger partial charge on any atom is 0.156 e. The highest BCUT2D eigenvalue weighted by molar-refractivity contribution is 5.29. The first-order valence-electron chi connectivity index (χ1n) is 10.5. The fraction of sp³-hybridized carbons (Fsp3) is 0.864. The average Bonchev–Trinajstić information content (AvgIpc) is 2.91. The Balaban J connectivity index is 1.48. The number of ether oxygens (including phenoxy) is 2. The van der Waals surface area contributed by atoms with E-state index in [0.29, 0.717) is 24.2 Å². The molecule has 8 atom stereocenters. The zero-order chi connectivity index (χ0) is 18.2. The molecule has 0 radical (unpaired) electrons. The SMILES string of the molecule is C[C@]12CC3OCCOC3CC1=CC[C@@H]1[C@@H]2CC[C@@]2(C)[C@H]1CCC2(O)C#N. The Hall–Kier alpha value is -0.890. The second kappa shape index (κ2) is 5.56. The van der Waals surface area contributed by atoms with Crippen molar-refractivity contribution in [2.24, 2.45) is 28.6 Å². The molecule has 1 aliphatic heterocycles. The van der Waals surface area contributed by atoms with E-state index in [0.717, 1.165) is 51.7 Å². The van der Waals surface area contributed by atoms with E-state index in [9.17, 15) is 10.4 Å². The highest BCUT2D eigenvalue weighted by atomic mass is 16.6. The summed E-state index contributed by atoms with van der Waals surface area (Å²) in [4.78, 5) is 0. The molecule has 142 valence electrons. The quantitative estimate of drug-likeness (QED) is 0.531. The minimum absolute atomic E-state index is 0.194. The van der Waals surface area contributed by atoms with E-state index in [1.54, 1.807) is 5.57 Å². The predicted octanol–water partition coefficient (Wildman–Crippen LogP) is 3.60. The molecular weight excluding hydrogens is 326 g/mol. The van der Waals surface area contributed by atoms with Crippen LogP contribution in [0.1, 0.15) is 58.8 Å². The molecule has 5 rings (SSSR count). The van der Waals surface area contributed by atoms with Crippen LogP contribution in [-0.2, 0) is 9.47 Å². The first kappa shape index (κ1) is 17.2. The van der Waals surface area contributed by atoms with Gasteiger partial charge in [-0.2, -0.15) is 5.26 Å². The van der Waals surface area contributed by atoms with Crippen molar-refractivity contribution >= 4 is 0 Å². The smallest absolute Gasteiger partial charge is 0.156 e. The maximum atomic E-state index is 11.0. The van der Waals surface area contributed by atoms with E-state index >= 15 is 0 Å². The number of nitrogens with zero attached hydrogens (tertiary/aromatic N) is 1. The number of allylic oxidation sites excluding steroid dienone is 1. The second-order valence-electron chi connectivity index (χ2n) is 9.95. The summed E-state index contributed by atoms with van der Waals surface area (Å²) in [5, 5.41) is 20.6. The van der Waals surface area contributed by atoms with Crippen molar-refractivity contribution in [3.63, 3.8) is 0 Å². The molecule has 1 heterocycles. The van der Waals surface area contributed by atoms with Crippen molar-refractivity contribution in [2.75, 3.05) is 13.2 Å². The number of aliphatic hydroxyl groups is 1. The molecule has 4 nitrogen and oxygen atoms in total. The van der Waals surface area contributed by atoms with Gasteiger partial charge in [0.05, 0.1) is 31.5 Å². The van der Waals surface area contributed by atoms with Crippen LogP contribution in [0.25, 0.3) is 0 Å². The minimum atomic E-state index is -1.13. The number of nitriles is 1. The Labute approximate surface area is 156 Å². The predicted molar refractivity (Wildman–Crippen MR) is 97.1 cm³/mol. The Morgan fingerprint density at radius 2 is 1.85 bits per heavy atom. The van der Waals surface area contributed by atoms with E-state index in [1.165, 1.54) is 0 Å². The Kier molecular flexibility index (Phi) is 3.69. The molecule has 1 saturated heterocycles. The van der Waals surface area contributed by atoms with Gasteiger partial charge < -0.3 is 14.6 Å². The lowest BCUT2D eigenvalue weighted by molar-refractivity contribution is -0.175. The topological polar surface area (TPSA) is 62.5 Å². The molecular formula is C22H31NO3. The summed E-state index contributed by atoms with van der Waals surface area (Å²) in [5.74, 6) is 1.70. The largest absolute Gasteiger partial charge is 0.375 e. The highest BCUT2D eigenvalue weighted by Crippen LogP contribution is 2.67. The standard InChI is InChI=1S/C22H31NO3/c1-20-12-19-18(25-9-10-26-19)11-14(20)3-4-15-16(20)5-7-21(2)17(15)6-8-22(21,24)13-23/h3,15-19,24H,4-12H2,1-2H3/t15-,16+,17+,18?,19?,20+,21+,22?/m1/s1. The number of hydrogen-bond donors (Lipinski definition) is 1. The molecule has 0 spiro atoms. The normalized spacial score (nSPS) is 55.6. The Bertz CT molecular complexity index is 683. The highest BCUT2D eigenvalue weighted by Gasteiger charge is 2.64. The first-order valence-corrected chi connectivity index (χ1v) is 10.5. The first-order chi connectivity index (χ1) is 12.4. The zero-order valence-electron chi connectivity index (χ0n) is 16.0. The monoisotopic (exact) mass is 357 g/mol. The molecule has 3 saturated carbocycles. The van der Waals surface area contributed by atoms with Gasteiger partial charge in [0.15, 0.2) is 5.60 Å². The van der Waals surface area contributed by atoms with Gasteiger partial charge in [0.1, 0.15) is 0 Å². The third-order valence-corrected chi connectivity index (χ3v) is 9.17. The van der Waals surface area contributed by atoms with Crippen molar-refractivity contribution in [2.45, 2.75) is 76.6 Å². The van der Waals surface area contributed by atoms with E-state index in [2.05, 4.69) is 26.0 Å². The van der Waals surface area contributed by atoms with E-state index in [-0.39, 0.29) is 23.0 Å². The lowest BCUT2D eigenvalue weighted by Crippen LogP contribution is -2.56. The molecule has 0 aromatic rings. The van der Waals surface area contributed by atoms with Crippen LogP contribution in [0, 0.1) is 39.9 Å². The lowest BCUT2D eigenvalue weighted by Gasteiger charge is -2.59. The van der Waals surface area contributed by atoms with Crippen LogP contribution >= 0.6 is 0 Å². The van der Waals surface area contributed by atoms with Crippen LogP contribution in [0.2, 0.25) is 0 Å². The summed E-state index contributed by atoms with van der Waals surface area (Å²) in [6, 6.07) is 2.28. The van der Waals surface area contributed by atoms with Gasteiger partial charge in [-0.05, 0) is 68.1 Å². The lowest BCUT2D eigenvalue weighted by atomic mass is 9.46. The van der Waals surface area contributed by atoms with Crippen molar-refractivity contribution in [3.8, 4) is 6.07 Å². The number of hydrogen-bond acceptors (Lipinski definition) is 4. The van der Waals surface area contributed by atoms with E-state index < -0.39 is 5.60 Å². The van der Waals surface area contributed by atoms with Crippen LogP contribution in [-0.4, -0.2) is 36.1 Å². The third kappa shape index (κ3) is 2.06. The summed E-state index contributed by atoms with van der Waals surface area (Å²) in [6.07, 6.45) is 9.88. The molecule has 0 amide bonds. The van der Waals surface area contributed by atoms with Crippen LogP contribution in [0.15, 0.2) is 11.6 Å².